The van der Waals surface area contributed by atoms with Gasteiger partial charge in [-0.3, -0.25) is 0 Å². The molecule has 0 aromatic carbocycles. The van der Waals surface area contributed by atoms with Crippen LogP contribution in [-0.2, 0) is 9.53 Å². The summed E-state index contributed by atoms with van der Waals surface area (Å²) in [5.41, 5.74) is 5.75. The topological polar surface area (TPSA) is 72.5 Å². The number of rotatable bonds is 3. The number of carbonyl (C=O) groups is 1. The van der Waals surface area contributed by atoms with Gasteiger partial charge in [-0.1, -0.05) is 12.8 Å². The Morgan fingerprint density at radius 1 is 1.46 bits per heavy atom. The molecule has 1 fully saturated rings. The number of carboxylic acids is 1. The average molecular weight is 210 g/mol. The third kappa shape index (κ3) is 4.45. The van der Waals surface area contributed by atoms with Crippen LogP contribution < -0.4 is 5.73 Å². The molecule has 0 aliphatic heterocycles. The van der Waals surface area contributed by atoms with Crippen LogP contribution in [0.3, 0.4) is 0 Å². The van der Waals surface area contributed by atoms with Crippen LogP contribution in [0.15, 0.2) is 0 Å². The minimum Gasteiger partial charge on any atom is -0.480 e. The molecule has 0 unspecified atom stereocenters. The van der Waals surface area contributed by atoms with Crippen LogP contribution in [0.25, 0.3) is 0 Å². The fraction of sp³-hybridized carbons (Fsp3) is 0.875. The van der Waals surface area contributed by atoms with Gasteiger partial charge in [0.25, 0.3) is 0 Å². The van der Waals surface area contributed by atoms with Gasteiger partial charge in [0.2, 0.25) is 0 Å². The van der Waals surface area contributed by atoms with Crippen LogP contribution in [-0.4, -0.2) is 29.8 Å². The molecule has 0 aromatic heterocycles. The van der Waals surface area contributed by atoms with Gasteiger partial charge in [0.05, 0.1) is 6.10 Å². The molecule has 0 saturated heterocycles. The van der Waals surface area contributed by atoms with E-state index < -0.39 is 5.97 Å². The van der Waals surface area contributed by atoms with Gasteiger partial charge >= 0.3 is 5.97 Å². The Kier molecular flexibility index (Phi) is 6.03. The number of hydrogen-bond donors (Lipinski definition) is 2. The van der Waals surface area contributed by atoms with E-state index in [9.17, 15) is 4.79 Å². The minimum atomic E-state index is -0.923. The Morgan fingerprint density at radius 2 is 2.08 bits per heavy atom. The summed E-state index contributed by atoms with van der Waals surface area (Å²) in [6.07, 6.45) is 4.03. The van der Waals surface area contributed by atoms with E-state index in [1.807, 2.05) is 0 Å². The van der Waals surface area contributed by atoms with Crippen molar-refractivity contribution >= 4 is 18.4 Å². The van der Waals surface area contributed by atoms with E-state index in [4.69, 9.17) is 15.6 Å². The summed E-state index contributed by atoms with van der Waals surface area (Å²) >= 11 is 0. The summed E-state index contributed by atoms with van der Waals surface area (Å²) in [6, 6.07) is 0.0260. The minimum absolute atomic E-state index is 0. The van der Waals surface area contributed by atoms with Crippen LogP contribution in [0.2, 0.25) is 0 Å². The molecule has 1 aliphatic carbocycles. The molecule has 1 saturated carbocycles. The van der Waals surface area contributed by atoms with E-state index >= 15 is 0 Å². The highest BCUT2D eigenvalue weighted by atomic mass is 35.5. The van der Waals surface area contributed by atoms with Crippen molar-refractivity contribution in [2.75, 3.05) is 6.61 Å². The summed E-state index contributed by atoms with van der Waals surface area (Å²) in [6.45, 7) is -0.224. The first-order valence-electron chi connectivity index (χ1n) is 4.29. The second-order valence-electron chi connectivity index (χ2n) is 3.19. The Balaban J connectivity index is 0.00000144. The zero-order valence-electron chi connectivity index (χ0n) is 7.44. The molecule has 2 atom stereocenters. The van der Waals surface area contributed by atoms with Crippen LogP contribution >= 0.6 is 12.4 Å². The summed E-state index contributed by atoms with van der Waals surface area (Å²) in [7, 11) is 0. The van der Waals surface area contributed by atoms with Gasteiger partial charge in [0, 0.05) is 6.04 Å². The van der Waals surface area contributed by atoms with Gasteiger partial charge in [-0.15, -0.1) is 12.4 Å². The first-order valence-corrected chi connectivity index (χ1v) is 4.29. The lowest BCUT2D eigenvalue weighted by molar-refractivity contribution is -0.145. The fourth-order valence-electron chi connectivity index (χ4n) is 1.51. The third-order valence-corrected chi connectivity index (χ3v) is 2.17. The van der Waals surface area contributed by atoms with E-state index in [-0.39, 0.29) is 31.2 Å². The van der Waals surface area contributed by atoms with Gasteiger partial charge in [0.1, 0.15) is 6.61 Å². The highest BCUT2D eigenvalue weighted by Gasteiger charge is 2.22. The standard InChI is InChI=1S/C8H15NO3.ClH/c9-6-3-1-2-4-7(6)12-5-8(10)11;/h6-7H,1-5,9H2,(H,10,11);1H/t6-,7-;/m0./s1. The highest BCUT2D eigenvalue weighted by molar-refractivity contribution is 5.85. The number of aliphatic carboxylic acids is 1. The van der Waals surface area contributed by atoms with E-state index in [1.54, 1.807) is 0 Å². The van der Waals surface area contributed by atoms with Crippen LogP contribution in [0.1, 0.15) is 25.7 Å². The molecular weight excluding hydrogens is 194 g/mol. The first-order chi connectivity index (χ1) is 5.70. The summed E-state index contributed by atoms with van der Waals surface area (Å²) in [5, 5.41) is 8.36. The van der Waals surface area contributed by atoms with Gasteiger partial charge < -0.3 is 15.6 Å². The second-order valence-corrected chi connectivity index (χ2v) is 3.19. The van der Waals surface area contributed by atoms with Gasteiger partial charge in [-0.05, 0) is 12.8 Å². The smallest absolute Gasteiger partial charge is 0.329 e. The Hall–Kier alpha value is -0.320. The molecule has 0 aromatic rings. The van der Waals surface area contributed by atoms with E-state index in [0.29, 0.717) is 0 Å². The van der Waals surface area contributed by atoms with Gasteiger partial charge in [-0.2, -0.15) is 0 Å². The van der Waals surface area contributed by atoms with Crippen molar-refractivity contribution in [3.05, 3.63) is 0 Å². The lowest BCUT2D eigenvalue weighted by atomic mass is 9.93. The van der Waals surface area contributed by atoms with Crippen LogP contribution in [0.4, 0.5) is 0 Å². The number of hydrogen-bond acceptors (Lipinski definition) is 3. The Bertz CT molecular complexity index is 165. The maximum absolute atomic E-state index is 10.2. The molecule has 5 heteroatoms. The molecule has 78 valence electrons. The van der Waals surface area contributed by atoms with Crippen molar-refractivity contribution in [2.45, 2.75) is 37.8 Å². The molecule has 13 heavy (non-hydrogen) atoms. The van der Waals surface area contributed by atoms with Crippen LogP contribution in [0, 0.1) is 0 Å². The van der Waals surface area contributed by atoms with Gasteiger partial charge in [-0.25, -0.2) is 4.79 Å². The van der Waals surface area contributed by atoms with Crippen molar-refractivity contribution in [1.29, 1.82) is 0 Å². The second kappa shape index (κ2) is 6.18. The monoisotopic (exact) mass is 209 g/mol. The molecule has 0 radical (unpaired) electrons. The Morgan fingerprint density at radius 3 is 2.62 bits per heavy atom. The van der Waals surface area contributed by atoms with Gasteiger partial charge in [0.15, 0.2) is 0 Å². The predicted octanol–water partition coefficient (Wildman–Crippen LogP) is 0.779. The first kappa shape index (κ1) is 12.7. The average Bonchev–Trinajstić information content (AvgIpc) is 2.03. The molecular formula is C8H16ClNO3. The lowest BCUT2D eigenvalue weighted by Gasteiger charge is -2.27. The van der Waals surface area contributed by atoms with Crippen molar-refractivity contribution in [1.82, 2.24) is 0 Å². The van der Waals surface area contributed by atoms with Crippen LogP contribution in [0.5, 0.6) is 0 Å². The molecule has 0 amide bonds. The SMILES string of the molecule is Cl.N[C@H]1CCCC[C@@H]1OCC(=O)O. The Labute approximate surface area is 83.9 Å². The number of halogens is 1. The highest BCUT2D eigenvalue weighted by Crippen LogP contribution is 2.19. The van der Waals surface area contributed by atoms with E-state index in [0.717, 1.165) is 25.7 Å². The lowest BCUT2D eigenvalue weighted by Crippen LogP contribution is -2.40. The molecule has 0 heterocycles. The summed E-state index contributed by atoms with van der Waals surface area (Å²) < 4.78 is 5.13. The van der Waals surface area contributed by atoms with Crippen molar-refractivity contribution in [2.24, 2.45) is 5.73 Å². The largest absolute Gasteiger partial charge is 0.480 e. The molecule has 0 bridgehead atoms. The normalized spacial score (nSPS) is 27.8. The molecule has 1 rings (SSSR count). The zero-order chi connectivity index (χ0) is 8.97. The summed E-state index contributed by atoms with van der Waals surface area (Å²) in [5.74, 6) is -0.923. The van der Waals surface area contributed by atoms with Crippen molar-refractivity contribution < 1.29 is 14.6 Å². The summed E-state index contributed by atoms with van der Waals surface area (Å²) in [4.78, 5) is 10.2. The molecule has 4 nitrogen and oxygen atoms in total. The van der Waals surface area contributed by atoms with E-state index in [1.165, 1.54) is 0 Å². The number of carboxylic acid groups (broad SMARTS) is 1. The predicted molar refractivity (Wildman–Crippen MR) is 51.1 cm³/mol. The number of ether oxygens (including phenoxy) is 1. The zero-order valence-corrected chi connectivity index (χ0v) is 8.26. The molecule has 0 spiro atoms. The molecule has 1 aliphatic rings. The third-order valence-electron chi connectivity index (χ3n) is 2.17. The van der Waals surface area contributed by atoms with Crippen molar-refractivity contribution in [3.63, 3.8) is 0 Å². The maximum atomic E-state index is 10.2. The quantitative estimate of drug-likeness (QED) is 0.721. The maximum Gasteiger partial charge on any atom is 0.329 e. The molecule has 3 N–H and O–H groups in total. The fourth-order valence-corrected chi connectivity index (χ4v) is 1.51. The number of nitrogens with two attached hydrogens (primary N) is 1. The van der Waals surface area contributed by atoms with E-state index in [2.05, 4.69) is 0 Å². The van der Waals surface area contributed by atoms with Crippen molar-refractivity contribution in [3.8, 4) is 0 Å².